The Morgan fingerprint density at radius 1 is 1.24 bits per heavy atom. The molecular weight excluding hydrogens is 409 g/mol. The van der Waals surface area contributed by atoms with Crippen molar-refractivity contribution >= 4 is 60.8 Å². The number of benzene rings is 1. The summed E-state index contributed by atoms with van der Waals surface area (Å²) in [6.45, 7) is 0. The van der Waals surface area contributed by atoms with Crippen LogP contribution in [0.15, 0.2) is 38.2 Å². The van der Waals surface area contributed by atoms with Gasteiger partial charge in [0.05, 0.1) is 15.7 Å². The summed E-state index contributed by atoms with van der Waals surface area (Å²) in [5, 5.41) is 9.23. The Morgan fingerprint density at radius 2 is 1.90 bits per heavy atom. The van der Waals surface area contributed by atoms with Gasteiger partial charge >= 0.3 is 5.97 Å². The van der Waals surface area contributed by atoms with Gasteiger partial charge in [-0.05, 0) is 34.1 Å². The number of carboxylic acid groups (broad SMARTS) is 1. The molecule has 6 nitrogen and oxygen atoms in total. The normalized spacial score (nSPS) is 11.4. The average Bonchev–Trinajstić information content (AvgIpc) is 2.77. The monoisotopic (exact) mass is 413 g/mol. The molecule has 2 N–H and O–H groups in total. The van der Waals surface area contributed by atoms with E-state index in [0.29, 0.717) is 0 Å². The molecule has 0 aliphatic carbocycles. The molecule has 0 unspecified atom stereocenters. The number of hydrogen-bond donors (Lipinski definition) is 2. The lowest BCUT2D eigenvalue weighted by atomic mass is 10.3. The Balaban J connectivity index is 2.38. The highest BCUT2D eigenvalue weighted by atomic mass is 79.9. The first-order valence-electron chi connectivity index (χ1n) is 5.21. The van der Waals surface area contributed by atoms with Crippen molar-refractivity contribution in [2.75, 3.05) is 4.72 Å². The minimum Gasteiger partial charge on any atom is -0.475 e. The van der Waals surface area contributed by atoms with Crippen molar-refractivity contribution in [1.82, 2.24) is 0 Å². The first kappa shape index (κ1) is 16.2. The minimum absolute atomic E-state index is 0.175. The van der Waals surface area contributed by atoms with Gasteiger partial charge < -0.3 is 9.52 Å². The van der Waals surface area contributed by atoms with Crippen molar-refractivity contribution in [2.45, 2.75) is 4.90 Å². The van der Waals surface area contributed by atoms with Crippen LogP contribution >= 0.6 is 39.1 Å². The number of carboxylic acids is 1. The summed E-state index contributed by atoms with van der Waals surface area (Å²) in [4.78, 5) is 10.4. The van der Waals surface area contributed by atoms with E-state index in [2.05, 4.69) is 20.7 Å². The molecule has 2 aromatic rings. The summed E-state index contributed by atoms with van der Waals surface area (Å²) in [5.74, 6) is -1.89. The topological polar surface area (TPSA) is 96.6 Å². The fourth-order valence-electron chi connectivity index (χ4n) is 1.41. The van der Waals surface area contributed by atoms with Gasteiger partial charge in [-0.15, -0.1) is 0 Å². The molecule has 0 fully saturated rings. The van der Waals surface area contributed by atoms with Gasteiger partial charge in [-0.1, -0.05) is 23.2 Å². The van der Waals surface area contributed by atoms with Crippen LogP contribution in [0.25, 0.3) is 0 Å². The number of anilines is 1. The zero-order valence-corrected chi connectivity index (χ0v) is 13.8. The summed E-state index contributed by atoms with van der Waals surface area (Å²) in [6, 6.07) is 5.06. The zero-order valence-electron chi connectivity index (χ0n) is 9.93. The highest BCUT2D eigenvalue weighted by Gasteiger charge is 2.25. The van der Waals surface area contributed by atoms with Crippen molar-refractivity contribution in [3.8, 4) is 0 Å². The molecule has 0 saturated heterocycles. The summed E-state index contributed by atoms with van der Waals surface area (Å²) < 4.78 is 31.2. The maximum atomic E-state index is 12.2. The molecule has 21 heavy (non-hydrogen) atoms. The number of carbonyl (C=O) groups is 1. The van der Waals surface area contributed by atoms with E-state index in [0.717, 1.165) is 6.07 Å². The molecule has 0 spiro atoms. The smallest absolute Gasteiger partial charge is 0.371 e. The second kappa shape index (κ2) is 5.88. The van der Waals surface area contributed by atoms with Gasteiger partial charge in [0.15, 0.2) is 4.67 Å². The Bertz CT molecular complexity index is 818. The summed E-state index contributed by atoms with van der Waals surface area (Å²) in [6.07, 6.45) is 0. The molecule has 1 aromatic carbocycles. The molecule has 0 saturated carbocycles. The lowest BCUT2D eigenvalue weighted by Crippen LogP contribution is -2.12. The van der Waals surface area contributed by atoms with Crippen LogP contribution in [-0.4, -0.2) is 19.5 Å². The molecule has 10 heteroatoms. The molecule has 1 aromatic heterocycles. The molecule has 2 rings (SSSR count). The third-order valence-corrected chi connectivity index (χ3v) is 5.30. The van der Waals surface area contributed by atoms with Gasteiger partial charge in [-0.2, -0.15) is 0 Å². The third-order valence-electron chi connectivity index (χ3n) is 2.33. The van der Waals surface area contributed by atoms with E-state index in [4.69, 9.17) is 32.7 Å². The van der Waals surface area contributed by atoms with Crippen molar-refractivity contribution < 1.29 is 22.7 Å². The number of nitrogens with one attached hydrogen (secondary N) is 1. The number of rotatable bonds is 4. The lowest BCUT2D eigenvalue weighted by molar-refractivity contribution is 0.0661. The predicted octanol–water partition coefficient (Wildman–Crippen LogP) is 3.85. The second-order valence-electron chi connectivity index (χ2n) is 3.79. The van der Waals surface area contributed by atoms with E-state index in [9.17, 15) is 13.2 Å². The second-order valence-corrected chi connectivity index (χ2v) is 6.97. The van der Waals surface area contributed by atoms with Crippen LogP contribution in [-0.2, 0) is 10.0 Å². The molecule has 0 aliphatic rings. The standard InChI is InChI=1S/C11H6BrCl2NO5S/c12-10-9(4-8(20-10)11(16)17)21(18,19)15-5-1-2-6(13)7(14)3-5/h1-4,15H,(H,16,17). The van der Waals surface area contributed by atoms with Crippen LogP contribution in [0.2, 0.25) is 10.0 Å². The third kappa shape index (κ3) is 3.52. The summed E-state index contributed by atoms with van der Waals surface area (Å²) in [5.41, 5.74) is 0.175. The van der Waals surface area contributed by atoms with Crippen LogP contribution < -0.4 is 4.72 Å². The van der Waals surface area contributed by atoms with E-state index in [1.165, 1.54) is 18.2 Å². The number of aromatic carboxylic acids is 1. The Hall–Kier alpha value is -1.22. The van der Waals surface area contributed by atoms with Gasteiger partial charge in [0.25, 0.3) is 10.0 Å². The molecule has 1 heterocycles. The molecule has 0 aliphatic heterocycles. The van der Waals surface area contributed by atoms with Crippen LogP contribution in [0.4, 0.5) is 5.69 Å². The molecule has 0 radical (unpaired) electrons. The Morgan fingerprint density at radius 3 is 2.43 bits per heavy atom. The fourth-order valence-corrected chi connectivity index (χ4v) is 3.70. The van der Waals surface area contributed by atoms with E-state index in [1.807, 2.05) is 0 Å². The first-order chi connectivity index (χ1) is 9.70. The number of sulfonamides is 1. The van der Waals surface area contributed by atoms with Crippen molar-refractivity contribution in [3.63, 3.8) is 0 Å². The maximum Gasteiger partial charge on any atom is 0.371 e. The summed E-state index contributed by atoms with van der Waals surface area (Å²) in [7, 11) is -4.04. The van der Waals surface area contributed by atoms with Gasteiger partial charge in [-0.25, -0.2) is 13.2 Å². The van der Waals surface area contributed by atoms with E-state index < -0.39 is 21.8 Å². The summed E-state index contributed by atoms with van der Waals surface area (Å²) >= 11 is 14.4. The molecular formula is C11H6BrCl2NO5S. The zero-order chi connectivity index (χ0) is 15.8. The molecule has 0 bridgehead atoms. The van der Waals surface area contributed by atoms with E-state index >= 15 is 0 Å². The SMILES string of the molecule is O=C(O)c1cc(S(=O)(=O)Nc2ccc(Cl)c(Cl)c2)c(Br)o1. The van der Waals surface area contributed by atoms with Crippen molar-refractivity contribution in [3.05, 3.63) is 44.7 Å². The highest BCUT2D eigenvalue weighted by Crippen LogP contribution is 2.30. The maximum absolute atomic E-state index is 12.2. The van der Waals surface area contributed by atoms with Crippen LogP contribution in [0, 0.1) is 0 Å². The Kier molecular flexibility index (Phi) is 4.52. The van der Waals surface area contributed by atoms with E-state index in [-0.39, 0.29) is 25.3 Å². The minimum atomic E-state index is -4.04. The van der Waals surface area contributed by atoms with Crippen molar-refractivity contribution in [2.24, 2.45) is 0 Å². The molecule has 0 amide bonds. The number of halogens is 3. The molecule has 0 atom stereocenters. The largest absolute Gasteiger partial charge is 0.475 e. The van der Waals surface area contributed by atoms with Gasteiger partial charge in [0.1, 0.15) is 4.90 Å². The molecule has 112 valence electrons. The highest BCUT2D eigenvalue weighted by molar-refractivity contribution is 9.10. The van der Waals surface area contributed by atoms with E-state index in [1.54, 1.807) is 0 Å². The van der Waals surface area contributed by atoms with Crippen LogP contribution in [0.5, 0.6) is 0 Å². The fraction of sp³-hybridized carbons (Fsp3) is 0. The lowest BCUT2D eigenvalue weighted by Gasteiger charge is -2.07. The Labute approximate surface area is 137 Å². The quantitative estimate of drug-likeness (QED) is 0.791. The first-order valence-corrected chi connectivity index (χ1v) is 8.24. The number of hydrogen-bond acceptors (Lipinski definition) is 4. The number of furan rings is 1. The predicted molar refractivity (Wildman–Crippen MR) is 80.6 cm³/mol. The van der Waals surface area contributed by atoms with Gasteiger partial charge in [0, 0.05) is 6.07 Å². The van der Waals surface area contributed by atoms with Crippen molar-refractivity contribution in [1.29, 1.82) is 0 Å². The van der Waals surface area contributed by atoms with Gasteiger partial charge in [0.2, 0.25) is 5.76 Å². The van der Waals surface area contributed by atoms with Crippen LogP contribution in [0.3, 0.4) is 0 Å². The van der Waals surface area contributed by atoms with Gasteiger partial charge in [-0.3, -0.25) is 4.72 Å². The van der Waals surface area contributed by atoms with Crippen LogP contribution in [0.1, 0.15) is 10.6 Å². The average molecular weight is 415 g/mol.